The number of hydrogen-bond acceptors (Lipinski definition) is 3. The van der Waals surface area contributed by atoms with Gasteiger partial charge in [0.05, 0.1) is 7.11 Å². The van der Waals surface area contributed by atoms with E-state index >= 15 is 0 Å². The van der Waals surface area contributed by atoms with Crippen LogP contribution in [0.1, 0.15) is 12.5 Å². The summed E-state index contributed by atoms with van der Waals surface area (Å²) in [6.45, 7) is 3.18. The van der Waals surface area contributed by atoms with E-state index in [0.29, 0.717) is 22.1 Å². The summed E-state index contributed by atoms with van der Waals surface area (Å²) in [5, 5.41) is 3.30. The van der Waals surface area contributed by atoms with Crippen LogP contribution in [0.3, 0.4) is 0 Å². The third kappa shape index (κ3) is 4.49. The van der Waals surface area contributed by atoms with Crippen LogP contribution in [0, 0.1) is 6.92 Å². The zero-order valence-corrected chi connectivity index (χ0v) is 14.6. The Labute approximate surface area is 146 Å². The molecule has 1 N–H and O–H groups in total. The summed E-state index contributed by atoms with van der Waals surface area (Å²) in [4.78, 5) is 25.6. The van der Waals surface area contributed by atoms with E-state index in [0.717, 1.165) is 5.56 Å². The van der Waals surface area contributed by atoms with Gasteiger partial charge in [0.25, 0.3) is 0 Å². The predicted octanol–water partition coefficient (Wildman–Crippen LogP) is 3.65. The molecule has 2 aromatic rings. The molecule has 0 aliphatic carbocycles. The highest BCUT2D eigenvalue weighted by molar-refractivity contribution is 6.31. The maximum Gasteiger partial charge on any atom is 0.244 e. The maximum absolute atomic E-state index is 12.3. The lowest BCUT2D eigenvalue weighted by Crippen LogP contribution is -2.36. The first-order valence-corrected chi connectivity index (χ1v) is 7.76. The van der Waals surface area contributed by atoms with Gasteiger partial charge in [0, 0.05) is 29.4 Å². The van der Waals surface area contributed by atoms with Crippen LogP contribution in [0.4, 0.5) is 11.4 Å². The van der Waals surface area contributed by atoms with Crippen molar-refractivity contribution in [2.75, 3.05) is 23.9 Å². The van der Waals surface area contributed by atoms with E-state index < -0.39 is 0 Å². The molecule has 24 heavy (non-hydrogen) atoms. The summed E-state index contributed by atoms with van der Waals surface area (Å²) < 4.78 is 5.12. The normalized spacial score (nSPS) is 10.2. The second kappa shape index (κ2) is 7.84. The Balaban J connectivity index is 2.13. The molecule has 0 aliphatic heterocycles. The van der Waals surface area contributed by atoms with Gasteiger partial charge in [-0.05, 0) is 36.8 Å². The molecule has 0 radical (unpaired) electrons. The van der Waals surface area contributed by atoms with E-state index in [2.05, 4.69) is 5.32 Å². The van der Waals surface area contributed by atoms with E-state index in [-0.39, 0.29) is 18.4 Å². The first-order valence-electron chi connectivity index (χ1n) is 7.39. The Morgan fingerprint density at radius 1 is 1.21 bits per heavy atom. The van der Waals surface area contributed by atoms with Crippen molar-refractivity contribution in [3.8, 4) is 5.75 Å². The summed E-state index contributed by atoms with van der Waals surface area (Å²) in [5.41, 5.74) is 2.09. The molecule has 5 nitrogen and oxygen atoms in total. The number of ether oxygens (including phenoxy) is 1. The summed E-state index contributed by atoms with van der Waals surface area (Å²) in [5.74, 6) is 0.0902. The lowest BCUT2D eigenvalue weighted by atomic mass is 10.2. The highest BCUT2D eigenvalue weighted by Crippen LogP contribution is 2.23. The third-order valence-corrected chi connectivity index (χ3v) is 3.91. The molecule has 0 aliphatic rings. The first-order chi connectivity index (χ1) is 11.4. The van der Waals surface area contributed by atoms with Crippen molar-refractivity contribution < 1.29 is 14.3 Å². The Hall–Kier alpha value is -2.53. The lowest BCUT2D eigenvalue weighted by molar-refractivity contribution is -0.120. The molecule has 0 saturated heterocycles. The first kappa shape index (κ1) is 17.8. The van der Waals surface area contributed by atoms with Crippen LogP contribution < -0.4 is 15.0 Å². The average molecular weight is 347 g/mol. The number of rotatable bonds is 5. The Morgan fingerprint density at radius 2 is 1.96 bits per heavy atom. The fourth-order valence-electron chi connectivity index (χ4n) is 2.18. The van der Waals surface area contributed by atoms with Crippen molar-refractivity contribution in [3.63, 3.8) is 0 Å². The van der Waals surface area contributed by atoms with E-state index in [4.69, 9.17) is 16.3 Å². The SMILES string of the molecule is COc1cccc(NC(=O)CN(C(C)=O)c2ccc(C)c(Cl)c2)c1. The lowest BCUT2D eigenvalue weighted by Gasteiger charge is -2.21. The van der Waals surface area contributed by atoms with Crippen LogP contribution in [0.2, 0.25) is 5.02 Å². The van der Waals surface area contributed by atoms with E-state index in [1.165, 1.54) is 11.8 Å². The molecule has 0 saturated carbocycles. The van der Waals surface area contributed by atoms with E-state index in [9.17, 15) is 9.59 Å². The number of hydrogen-bond donors (Lipinski definition) is 1. The van der Waals surface area contributed by atoms with Gasteiger partial charge in [-0.3, -0.25) is 9.59 Å². The predicted molar refractivity (Wildman–Crippen MR) is 95.8 cm³/mol. The van der Waals surface area contributed by atoms with Gasteiger partial charge in [-0.25, -0.2) is 0 Å². The molecule has 2 rings (SSSR count). The largest absolute Gasteiger partial charge is 0.497 e. The Morgan fingerprint density at radius 3 is 2.58 bits per heavy atom. The van der Waals surface area contributed by atoms with Gasteiger partial charge in [0.2, 0.25) is 11.8 Å². The Kier molecular flexibility index (Phi) is 5.82. The fraction of sp³-hybridized carbons (Fsp3) is 0.222. The smallest absolute Gasteiger partial charge is 0.244 e. The van der Waals surface area contributed by atoms with Crippen molar-refractivity contribution in [2.24, 2.45) is 0 Å². The minimum atomic E-state index is -0.310. The molecule has 0 fully saturated rings. The van der Waals surface area contributed by atoms with Crippen molar-refractivity contribution in [1.82, 2.24) is 0 Å². The topological polar surface area (TPSA) is 58.6 Å². The minimum Gasteiger partial charge on any atom is -0.497 e. The highest BCUT2D eigenvalue weighted by Gasteiger charge is 2.17. The standard InChI is InChI=1S/C18H19ClN2O3/c1-12-7-8-15(10-17(12)19)21(13(2)22)11-18(23)20-14-5-4-6-16(9-14)24-3/h4-10H,11H2,1-3H3,(H,20,23). The van der Waals surface area contributed by atoms with Crippen molar-refractivity contribution in [1.29, 1.82) is 0 Å². The second-order valence-electron chi connectivity index (χ2n) is 5.32. The summed E-state index contributed by atoms with van der Waals surface area (Å²) in [6, 6.07) is 12.3. The van der Waals surface area contributed by atoms with Crippen molar-refractivity contribution in [2.45, 2.75) is 13.8 Å². The molecule has 0 spiro atoms. The number of amides is 2. The molecule has 0 heterocycles. The molecular formula is C18H19ClN2O3. The van der Waals surface area contributed by atoms with Gasteiger partial charge in [-0.1, -0.05) is 23.7 Å². The van der Waals surface area contributed by atoms with Gasteiger partial charge in [-0.15, -0.1) is 0 Å². The number of nitrogens with one attached hydrogen (secondary N) is 1. The van der Waals surface area contributed by atoms with E-state index in [1.807, 2.05) is 13.0 Å². The second-order valence-corrected chi connectivity index (χ2v) is 5.73. The monoisotopic (exact) mass is 346 g/mol. The number of anilines is 2. The minimum absolute atomic E-state index is 0.105. The van der Waals surface area contributed by atoms with E-state index in [1.54, 1.807) is 43.5 Å². The third-order valence-electron chi connectivity index (χ3n) is 3.50. The van der Waals surface area contributed by atoms with Crippen LogP contribution in [0.25, 0.3) is 0 Å². The molecule has 0 bridgehead atoms. The van der Waals surface area contributed by atoms with Crippen LogP contribution in [-0.4, -0.2) is 25.5 Å². The molecule has 2 aromatic carbocycles. The molecule has 0 aromatic heterocycles. The zero-order chi connectivity index (χ0) is 17.7. The summed E-state index contributed by atoms with van der Waals surface area (Å²) >= 11 is 6.11. The number of halogens is 1. The quantitative estimate of drug-likeness (QED) is 0.899. The summed E-state index contributed by atoms with van der Waals surface area (Å²) in [6.07, 6.45) is 0. The van der Waals surface area contributed by atoms with Crippen molar-refractivity contribution >= 4 is 34.8 Å². The van der Waals surface area contributed by atoms with Crippen LogP contribution in [0.5, 0.6) is 5.75 Å². The molecule has 126 valence electrons. The highest BCUT2D eigenvalue weighted by atomic mass is 35.5. The molecule has 6 heteroatoms. The number of nitrogens with zero attached hydrogens (tertiary/aromatic N) is 1. The number of carbonyl (C=O) groups excluding carboxylic acids is 2. The van der Waals surface area contributed by atoms with Gasteiger partial charge in [0.1, 0.15) is 12.3 Å². The molecule has 0 unspecified atom stereocenters. The number of carbonyl (C=O) groups is 2. The van der Waals surface area contributed by atoms with Crippen LogP contribution in [-0.2, 0) is 9.59 Å². The number of methoxy groups -OCH3 is 1. The van der Waals surface area contributed by atoms with Crippen molar-refractivity contribution in [3.05, 3.63) is 53.1 Å². The number of benzene rings is 2. The molecule has 0 atom stereocenters. The fourth-order valence-corrected chi connectivity index (χ4v) is 2.35. The van der Waals surface area contributed by atoms with Gasteiger partial charge >= 0.3 is 0 Å². The number of aryl methyl sites for hydroxylation is 1. The Bertz CT molecular complexity index is 762. The van der Waals surface area contributed by atoms with Gasteiger partial charge in [0.15, 0.2) is 0 Å². The van der Waals surface area contributed by atoms with Gasteiger partial charge < -0.3 is 15.0 Å². The molecular weight excluding hydrogens is 328 g/mol. The summed E-state index contributed by atoms with van der Waals surface area (Å²) in [7, 11) is 1.56. The van der Waals surface area contributed by atoms with Gasteiger partial charge in [-0.2, -0.15) is 0 Å². The van der Waals surface area contributed by atoms with Crippen LogP contribution >= 0.6 is 11.6 Å². The maximum atomic E-state index is 12.3. The molecule has 2 amide bonds. The zero-order valence-electron chi connectivity index (χ0n) is 13.8. The average Bonchev–Trinajstić information content (AvgIpc) is 2.55. The van der Waals surface area contributed by atoms with Crippen LogP contribution in [0.15, 0.2) is 42.5 Å².